The van der Waals surface area contributed by atoms with E-state index in [4.69, 9.17) is 28.4 Å². The van der Waals surface area contributed by atoms with Crippen molar-refractivity contribution in [3.05, 3.63) is 104 Å². The SMILES string of the molecule is C=CC(=O)OCCCCCCCCCCCCOc1ccc(C(=O)Oc2ccc(-c3ccc(O[C@@H](C)COCCCCCCCCCCOC(=O)C=C)cc3)cc2)cc1. The number of unbranched alkanes of at least 4 members (excludes halogenated alkanes) is 16. The molecule has 0 unspecified atom stereocenters. The van der Waals surface area contributed by atoms with Crippen LogP contribution in [0.15, 0.2) is 98.1 Å². The van der Waals surface area contributed by atoms with Crippen molar-refractivity contribution in [1.29, 1.82) is 0 Å². The average molecular weight is 813 g/mol. The summed E-state index contributed by atoms with van der Waals surface area (Å²) in [6.07, 6.45) is 22.9. The fourth-order valence-electron chi connectivity index (χ4n) is 6.45. The Morgan fingerprint density at radius 3 is 1.34 bits per heavy atom. The third-order valence-electron chi connectivity index (χ3n) is 9.84. The molecule has 0 amide bonds. The minimum atomic E-state index is -0.414. The van der Waals surface area contributed by atoms with Crippen molar-refractivity contribution in [3.63, 3.8) is 0 Å². The van der Waals surface area contributed by atoms with Crippen LogP contribution in [0, 0.1) is 0 Å². The zero-order valence-electron chi connectivity index (χ0n) is 35.5. The van der Waals surface area contributed by atoms with Gasteiger partial charge in [-0.1, -0.05) is 127 Å². The summed E-state index contributed by atoms with van der Waals surface area (Å²) in [7, 11) is 0. The summed E-state index contributed by atoms with van der Waals surface area (Å²) in [4.78, 5) is 34.8. The molecule has 3 aromatic rings. The van der Waals surface area contributed by atoms with Gasteiger partial charge in [0, 0.05) is 18.8 Å². The van der Waals surface area contributed by atoms with Gasteiger partial charge in [0.1, 0.15) is 23.4 Å². The first-order chi connectivity index (χ1) is 28.9. The van der Waals surface area contributed by atoms with Crippen LogP contribution in [0.3, 0.4) is 0 Å². The molecule has 322 valence electrons. The second kappa shape index (κ2) is 31.1. The standard InChI is InChI=1S/C50H68O9/c1-4-48(51)56-38-22-18-14-9-7-6-8-13-17-21-37-55-45-30-28-44(29-31-45)50(53)59-47-34-26-43(27-35-47)42-24-32-46(33-25-42)58-41(3)40-54-36-20-16-12-10-11-15-19-23-39-57-49(52)5-2/h4-5,24-35,41H,1-2,6-23,36-40H2,3H3/t41-/m0/s1. The third kappa shape index (κ3) is 22.7. The molecular weight excluding hydrogens is 745 g/mol. The van der Waals surface area contributed by atoms with Crippen LogP contribution in [0.4, 0.5) is 0 Å². The predicted molar refractivity (Wildman–Crippen MR) is 235 cm³/mol. The second-order valence-electron chi connectivity index (χ2n) is 14.9. The monoisotopic (exact) mass is 812 g/mol. The Balaban J connectivity index is 1.20. The zero-order valence-corrected chi connectivity index (χ0v) is 35.5. The van der Waals surface area contributed by atoms with Crippen LogP contribution in [0.1, 0.15) is 133 Å². The highest BCUT2D eigenvalue weighted by Gasteiger charge is 2.10. The van der Waals surface area contributed by atoms with Gasteiger partial charge in [-0.3, -0.25) is 0 Å². The summed E-state index contributed by atoms with van der Waals surface area (Å²) in [6, 6.07) is 22.6. The van der Waals surface area contributed by atoms with Gasteiger partial charge in [0.05, 0.1) is 32.0 Å². The Labute approximate surface area is 353 Å². The van der Waals surface area contributed by atoms with E-state index in [-0.39, 0.29) is 18.0 Å². The van der Waals surface area contributed by atoms with Gasteiger partial charge in [-0.15, -0.1) is 0 Å². The summed E-state index contributed by atoms with van der Waals surface area (Å²) in [5, 5.41) is 0. The maximum absolute atomic E-state index is 12.8. The Kier molecular flexibility index (Phi) is 25.5. The summed E-state index contributed by atoms with van der Waals surface area (Å²) in [5.41, 5.74) is 2.51. The van der Waals surface area contributed by atoms with Gasteiger partial charge in [-0.05, 0) is 92.3 Å². The summed E-state index contributed by atoms with van der Waals surface area (Å²) >= 11 is 0. The lowest BCUT2D eigenvalue weighted by Crippen LogP contribution is -2.19. The number of rotatable bonds is 34. The average Bonchev–Trinajstić information content (AvgIpc) is 3.25. The van der Waals surface area contributed by atoms with Crippen molar-refractivity contribution in [2.75, 3.05) is 33.0 Å². The number of carbonyl (C=O) groups is 3. The highest BCUT2D eigenvalue weighted by atomic mass is 16.5. The van der Waals surface area contributed by atoms with E-state index in [1.165, 1.54) is 76.4 Å². The third-order valence-corrected chi connectivity index (χ3v) is 9.84. The number of carbonyl (C=O) groups excluding carboxylic acids is 3. The van der Waals surface area contributed by atoms with Crippen LogP contribution in [-0.4, -0.2) is 57.0 Å². The van der Waals surface area contributed by atoms with Crippen molar-refractivity contribution in [3.8, 4) is 28.4 Å². The largest absolute Gasteiger partial charge is 0.494 e. The molecule has 0 bridgehead atoms. The lowest BCUT2D eigenvalue weighted by molar-refractivity contribution is -0.138. The van der Waals surface area contributed by atoms with Crippen LogP contribution >= 0.6 is 0 Å². The molecule has 0 fully saturated rings. The van der Waals surface area contributed by atoms with E-state index in [1.54, 1.807) is 24.3 Å². The molecule has 0 saturated heterocycles. The molecule has 0 N–H and O–H groups in total. The molecule has 0 aliphatic heterocycles. The van der Waals surface area contributed by atoms with E-state index < -0.39 is 5.97 Å². The first-order valence-corrected chi connectivity index (χ1v) is 21.9. The zero-order chi connectivity index (χ0) is 42.2. The highest BCUT2D eigenvalue weighted by Crippen LogP contribution is 2.26. The number of ether oxygens (including phenoxy) is 6. The fraction of sp³-hybridized carbons (Fsp3) is 0.500. The van der Waals surface area contributed by atoms with E-state index in [0.717, 1.165) is 80.6 Å². The van der Waals surface area contributed by atoms with Crippen LogP contribution in [0.5, 0.6) is 17.2 Å². The van der Waals surface area contributed by atoms with Gasteiger partial charge >= 0.3 is 17.9 Å². The lowest BCUT2D eigenvalue weighted by Gasteiger charge is -2.15. The van der Waals surface area contributed by atoms with Crippen LogP contribution in [-0.2, 0) is 23.8 Å². The molecule has 59 heavy (non-hydrogen) atoms. The molecule has 0 heterocycles. The summed E-state index contributed by atoms with van der Waals surface area (Å²) in [6.45, 7) is 11.7. The molecule has 3 rings (SSSR count). The Morgan fingerprint density at radius 2 is 0.881 bits per heavy atom. The molecule has 1 atom stereocenters. The molecule has 0 radical (unpaired) electrons. The molecule has 3 aromatic carbocycles. The number of esters is 3. The first-order valence-electron chi connectivity index (χ1n) is 21.9. The lowest BCUT2D eigenvalue weighted by atomic mass is 10.1. The summed E-state index contributed by atoms with van der Waals surface area (Å²) in [5.74, 6) is 0.917. The van der Waals surface area contributed by atoms with Gasteiger partial charge in [-0.25, -0.2) is 14.4 Å². The van der Waals surface area contributed by atoms with Gasteiger partial charge in [0.25, 0.3) is 0 Å². The van der Waals surface area contributed by atoms with Gasteiger partial charge in [0.15, 0.2) is 0 Å². The quantitative estimate of drug-likeness (QED) is 0.0252. The Morgan fingerprint density at radius 1 is 0.492 bits per heavy atom. The highest BCUT2D eigenvalue weighted by molar-refractivity contribution is 5.91. The van der Waals surface area contributed by atoms with E-state index in [9.17, 15) is 14.4 Å². The molecule has 9 heteroatoms. The van der Waals surface area contributed by atoms with E-state index >= 15 is 0 Å². The molecule has 0 aliphatic rings. The van der Waals surface area contributed by atoms with Gasteiger partial charge in [0.2, 0.25) is 0 Å². The molecule has 0 aliphatic carbocycles. The number of hydrogen-bond acceptors (Lipinski definition) is 9. The maximum atomic E-state index is 12.8. The Bertz CT molecular complexity index is 1600. The molecular formula is C50H68O9. The van der Waals surface area contributed by atoms with Crippen molar-refractivity contribution in [2.45, 2.75) is 129 Å². The van der Waals surface area contributed by atoms with E-state index in [2.05, 4.69) is 13.2 Å². The van der Waals surface area contributed by atoms with Crippen molar-refractivity contribution >= 4 is 17.9 Å². The molecule has 9 nitrogen and oxygen atoms in total. The second-order valence-corrected chi connectivity index (χ2v) is 14.9. The van der Waals surface area contributed by atoms with Crippen LogP contribution < -0.4 is 14.2 Å². The number of hydrogen-bond donors (Lipinski definition) is 0. The van der Waals surface area contributed by atoms with Crippen molar-refractivity contribution < 1.29 is 42.8 Å². The van der Waals surface area contributed by atoms with Crippen molar-refractivity contribution in [2.24, 2.45) is 0 Å². The van der Waals surface area contributed by atoms with Crippen molar-refractivity contribution in [1.82, 2.24) is 0 Å². The molecule has 0 aromatic heterocycles. The van der Waals surface area contributed by atoms with E-state index in [1.807, 2.05) is 55.5 Å². The molecule has 0 saturated carbocycles. The summed E-state index contributed by atoms with van der Waals surface area (Å²) < 4.78 is 33.4. The first kappa shape index (κ1) is 48.5. The molecule has 0 spiro atoms. The topological polar surface area (TPSA) is 107 Å². The number of benzene rings is 3. The van der Waals surface area contributed by atoms with E-state index in [0.29, 0.717) is 37.7 Å². The van der Waals surface area contributed by atoms with Crippen LogP contribution in [0.25, 0.3) is 11.1 Å². The van der Waals surface area contributed by atoms with Crippen LogP contribution in [0.2, 0.25) is 0 Å². The smallest absolute Gasteiger partial charge is 0.343 e. The predicted octanol–water partition coefficient (Wildman–Crippen LogP) is 12.2. The van der Waals surface area contributed by atoms with Gasteiger partial charge < -0.3 is 28.4 Å². The normalized spacial score (nSPS) is 11.3. The van der Waals surface area contributed by atoms with Gasteiger partial charge in [-0.2, -0.15) is 0 Å². The minimum Gasteiger partial charge on any atom is -0.494 e. The minimum absolute atomic E-state index is 0.0574. The fourth-order valence-corrected chi connectivity index (χ4v) is 6.45. The Hall–Kier alpha value is -4.89. The maximum Gasteiger partial charge on any atom is 0.343 e.